The molecule has 1 heterocycles. The Bertz CT molecular complexity index is 638. The van der Waals surface area contributed by atoms with Gasteiger partial charge in [0.2, 0.25) is 5.91 Å². The predicted molar refractivity (Wildman–Crippen MR) is 125 cm³/mol. The number of carbonyl (C=O) groups is 2. The van der Waals surface area contributed by atoms with Crippen molar-refractivity contribution in [2.75, 3.05) is 33.9 Å². The van der Waals surface area contributed by atoms with E-state index in [4.69, 9.17) is 16.0 Å². The second-order valence-electron chi connectivity index (χ2n) is 8.08. The molecule has 31 heavy (non-hydrogen) atoms. The smallest absolute Gasteiger partial charge is 0.223 e. The first-order valence-corrected chi connectivity index (χ1v) is 10.0. The highest BCUT2D eigenvalue weighted by molar-refractivity contribution is 5.77. The van der Waals surface area contributed by atoms with Crippen LogP contribution in [0.15, 0.2) is 24.3 Å². The van der Waals surface area contributed by atoms with E-state index in [1.165, 1.54) is 5.56 Å². The molecular formula is C23H40N4O4. The first-order valence-electron chi connectivity index (χ1n) is 10.0. The highest BCUT2D eigenvalue weighted by atomic mass is 16.5. The lowest BCUT2D eigenvalue weighted by Crippen LogP contribution is -2.32. The molecule has 8 nitrogen and oxygen atoms in total. The molecule has 176 valence electrons. The number of carbonyl (C=O) groups excluding carboxylic acids is 2. The third-order valence-corrected chi connectivity index (χ3v) is 4.36. The summed E-state index contributed by atoms with van der Waals surface area (Å²) >= 11 is 0. The zero-order chi connectivity index (χ0) is 24.4. The van der Waals surface area contributed by atoms with Gasteiger partial charge in [0.15, 0.2) is 0 Å². The Morgan fingerprint density at radius 1 is 1.35 bits per heavy atom. The van der Waals surface area contributed by atoms with Crippen LogP contribution >= 0.6 is 0 Å². The molecule has 1 aromatic carbocycles. The maximum Gasteiger partial charge on any atom is 0.223 e. The number of hydrazine groups is 1. The van der Waals surface area contributed by atoms with Gasteiger partial charge in [-0.25, -0.2) is 0 Å². The Labute approximate surface area is 187 Å². The van der Waals surface area contributed by atoms with Gasteiger partial charge in [0, 0.05) is 32.2 Å². The number of methoxy groups -OCH3 is 1. The molecule has 0 aliphatic carbocycles. The summed E-state index contributed by atoms with van der Waals surface area (Å²) in [6.45, 7) is 10.1. The number of likely N-dealkylation sites (tertiary alicyclic amines) is 1. The van der Waals surface area contributed by atoms with Crippen molar-refractivity contribution in [3.63, 3.8) is 0 Å². The molecule has 2 unspecified atom stereocenters. The van der Waals surface area contributed by atoms with Crippen LogP contribution in [0.25, 0.3) is 0 Å². The van der Waals surface area contributed by atoms with Gasteiger partial charge >= 0.3 is 0 Å². The second kappa shape index (κ2) is 17.4. The lowest BCUT2D eigenvalue weighted by Gasteiger charge is -2.22. The van der Waals surface area contributed by atoms with Gasteiger partial charge in [-0.05, 0) is 36.6 Å². The molecule has 1 amide bonds. The quantitative estimate of drug-likeness (QED) is 0.310. The molecule has 1 aromatic rings. The van der Waals surface area contributed by atoms with E-state index in [1.54, 1.807) is 12.0 Å². The van der Waals surface area contributed by atoms with Crippen LogP contribution in [0.4, 0.5) is 0 Å². The Kier molecular flexibility index (Phi) is 17.4. The standard InChI is InChI=1S/C12H15NO.C10H19NO2.CH2O.H4N2/c1-4-10-5-7-11(8-6-10)12(13-2)9-14-3;1-10(2,3)6-9(13)11-5-4-8(12)7-11;2*1-2/h1,5-8,12-13H,9H2,2-3H3;8,12H,4-7H2,1-3H3;1H2;1-2H2. The summed E-state index contributed by atoms with van der Waals surface area (Å²) in [5.41, 5.74) is 2.14. The van der Waals surface area contributed by atoms with E-state index in [9.17, 15) is 9.90 Å². The number of hydrogen-bond donors (Lipinski definition) is 4. The third kappa shape index (κ3) is 13.6. The number of likely N-dealkylation sites (N-methyl/N-ethyl adjacent to an activating group) is 1. The summed E-state index contributed by atoms with van der Waals surface area (Å²) in [5.74, 6) is 10.8. The highest BCUT2D eigenvalue weighted by Gasteiger charge is 2.27. The van der Waals surface area contributed by atoms with E-state index in [-0.39, 0.29) is 23.5 Å². The van der Waals surface area contributed by atoms with Crippen LogP contribution in [-0.2, 0) is 14.3 Å². The average Bonchev–Trinajstić information content (AvgIpc) is 3.21. The minimum Gasteiger partial charge on any atom is -0.391 e. The lowest BCUT2D eigenvalue weighted by molar-refractivity contribution is -0.132. The Morgan fingerprint density at radius 3 is 2.26 bits per heavy atom. The van der Waals surface area contributed by atoms with Gasteiger partial charge in [-0.3, -0.25) is 16.5 Å². The maximum atomic E-state index is 11.6. The molecule has 0 radical (unpaired) electrons. The lowest BCUT2D eigenvalue weighted by atomic mass is 9.92. The maximum absolute atomic E-state index is 11.6. The van der Waals surface area contributed by atoms with Gasteiger partial charge < -0.3 is 24.9 Å². The van der Waals surface area contributed by atoms with Crippen molar-refractivity contribution in [2.24, 2.45) is 17.1 Å². The van der Waals surface area contributed by atoms with Crippen LogP contribution < -0.4 is 17.0 Å². The number of terminal acetylenes is 1. The Hall–Kier alpha value is -2.28. The van der Waals surface area contributed by atoms with Crippen LogP contribution in [0, 0.1) is 17.8 Å². The summed E-state index contributed by atoms with van der Waals surface area (Å²) in [4.78, 5) is 21.4. The molecular weight excluding hydrogens is 396 g/mol. The van der Waals surface area contributed by atoms with Gasteiger partial charge in [0.05, 0.1) is 18.8 Å². The van der Waals surface area contributed by atoms with Crippen LogP contribution in [0.1, 0.15) is 50.8 Å². The molecule has 0 bridgehead atoms. The van der Waals surface area contributed by atoms with Gasteiger partial charge in [-0.2, -0.15) is 0 Å². The predicted octanol–water partition coefficient (Wildman–Crippen LogP) is 1.22. The Morgan fingerprint density at radius 2 is 1.90 bits per heavy atom. The molecule has 1 aliphatic heterocycles. The van der Waals surface area contributed by atoms with Crippen molar-refractivity contribution in [3.05, 3.63) is 35.4 Å². The molecule has 1 fully saturated rings. The number of rotatable bonds is 5. The minimum atomic E-state index is -0.302. The molecule has 6 N–H and O–H groups in total. The van der Waals surface area contributed by atoms with Crippen molar-refractivity contribution in [1.29, 1.82) is 0 Å². The van der Waals surface area contributed by atoms with E-state index in [0.29, 0.717) is 19.6 Å². The second-order valence-corrected chi connectivity index (χ2v) is 8.08. The number of nitrogens with one attached hydrogen (secondary N) is 1. The van der Waals surface area contributed by atoms with E-state index >= 15 is 0 Å². The number of nitrogens with two attached hydrogens (primary N) is 2. The Balaban J connectivity index is 0. The van der Waals surface area contributed by atoms with Crippen molar-refractivity contribution in [2.45, 2.75) is 45.8 Å². The van der Waals surface area contributed by atoms with Crippen molar-refractivity contribution in [1.82, 2.24) is 10.2 Å². The van der Waals surface area contributed by atoms with Crippen molar-refractivity contribution >= 4 is 12.7 Å². The minimum absolute atomic E-state index is 0.0463. The van der Waals surface area contributed by atoms with E-state index in [2.05, 4.69) is 43.7 Å². The fourth-order valence-electron chi connectivity index (χ4n) is 2.86. The van der Waals surface area contributed by atoms with Crippen LogP contribution in [-0.4, -0.2) is 62.7 Å². The van der Waals surface area contributed by atoms with Crippen LogP contribution in [0.5, 0.6) is 0 Å². The highest BCUT2D eigenvalue weighted by Crippen LogP contribution is 2.21. The van der Waals surface area contributed by atoms with Gasteiger partial charge in [0.1, 0.15) is 6.79 Å². The fourth-order valence-corrected chi connectivity index (χ4v) is 2.86. The largest absolute Gasteiger partial charge is 0.391 e. The average molecular weight is 437 g/mol. The van der Waals surface area contributed by atoms with Gasteiger partial charge in [-0.15, -0.1) is 6.42 Å². The number of amides is 1. The molecule has 1 saturated heterocycles. The molecule has 1 aliphatic rings. The molecule has 0 spiro atoms. The van der Waals surface area contributed by atoms with Crippen LogP contribution in [0.2, 0.25) is 0 Å². The molecule has 8 heteroatoms. The number of aliphatic hydroxyl groups is 1. The zero-order valence-electron chi connectivity index (χ0n) is 19.6. The summed E-state index contributed by atoms with van der Waals surface area (Å²) in [7, 11) is 3.61. The molecule has 2 rings (SSSR count). The first kappa shape index (κ1) is 30.9. The van der Waals surface area contributed by atoms with Crippen molar-refractivity contribution in [3.8, 4) is 12.3 Å². The summed E-state index contributed by atoms with van der Waals surface area (Å²) < 4.78 is 5.10. The summed E-state index contributed by atoms with van der Waals surface area (Å²) in [6, 6.07) is 8.15. The van der Waals surface area contributed by atoms with Crippen molar-refractivity contribution < 1.29 is 19.4 Å². The molecule has 2 atom stereocenters. The number of benzene rings is 1. The van der Waals surface area contributed by atoms with E-state index in [1.807, 2.05) is 38.1 Å². The zero-order valence-corrected chi connectivity index (χ0v) is 19.6. The molecule has 0 aromatic heterocycles. The van der Waals surface area contributed by atoms with Gasteiger partial charge in [0.25, 0.3) is 0 Å². The van der Waals surface area contributed by atoms with E-state index in [0.717, 1.165) is 18.5 Å². The monoisotopic (exact) mass is 436 g/mol. The summed E-state index contributed by atoms with van der Waals surface area (Å²) in [6.07, 6.45) is 6.28. The normalized spacial score (nSPS) is 15.7. The number of nitrogens with zero attached hydrogens (tertiary/aromatic N) is 1. The topological polar surface area (TPSA) is 131 Å². The number of aliphatic hydroxyl groups excluding tert-OH is 1. The number of β-amino-alcohol motifs (C(OH)–C–C–N with tert-alkyl or cyclic N) is 1. The third-order valence-electron chi connectivity index (χ3n) is 4.36. The molecule has 0 saturated carbocycles. The number of ether oxygens (including phenoxy) is 1. The SMILES string of the molecule is C#Cc1ccc(C(COC)NC)cc1.C=O.CC(C)(C)CC(=O)N1CCC(O)C1.NN. The summed E-state index contributed by atoms with van der Waals surface area (Å²) in [5, 5.41) is 12.4. The number of hydrogen-bond acceptors (Lipinski definition) is 7. The van der Waals surface area contributed by atoms with Crippen LogP contribution in [0.3, 0.4) is 0 Å². The van der Waals surface area contributed by atoms with E-state index < -0.39 is 0 Å². The first-order chi connectivity index (χ1) is 14.7. The van der Waals surface area contributed by atoms with Gasteiger partial charge in [-0.1, -0.05) is 38.8 Å². The fraction of sp³-hybridized carbons (Fsp3) is 0.565.